The topological polar surface area (TPSA) is 17.1 Å². The minimum absolute atomic E-state index is 0.198. The fourth-order valence-electron chi connectivity index (χ4n) is 1.38. The number of rotatable bonds is 0. The van der Waals surface area contributed by atoms with Crippen molar-refractivity contribution in [2.45, 2.75) is 5.38 Å². The van der Waals surface area contributed by atoms with Gasteiger partial charge in [0, 0.05) is 11.1 Å². The normalized spacial score (nSPS) is 21.1. The van der Waals surface area contributed by atoms with Crippen molar-refractivity contribution in [3.8, 4) is 0 Å². The van der Waals surface area contributed by atoms with Gasteiger partial charge in [-0.15, -0.1) is 11.6 Å². The summed E-state index contributed by atoms with van der Waals surface area (Å²) in [6, 6.07) is 7.01. The molecule has 1 unspecified atom stereocenters. The largest absolute Gasteiger partial charge is 0.292 e. The molecule has 2 rings (SSSR count). The van der Waals surface area contributed by atoms with Crippen LogP contribution in [0.15, 0.2) is 29.3 Å². The molecule has 0 radical (unpaired) electrons. The summed E-state index contributed by atoms with van der Waals surface area (Å²) in [5.41, 5.74) is 1.18. The van der Waals surface area contributed by atoms with Gasteiger partial charge < -0.3 is 0 Å². The minimum atomic E-state index is -0.848. The van der Waals surface area contributed by atoms with Gasteiger partial charge >= 0.3 is 0 Å². The van der Waals surface area contributed by atoms with E-state index in [1.54, 1.807) is 24.3 Å². The van der Waals surface area contributed by atoms with Gasteiger partial charge in [-0.25, -0.2) is 0 Å². The van der Waals surface area contributed by atoms with E-state index < -0.39 is 5.38 Å². The van der Waals surface area contributed by atoms with Gasteiger partial charge in [0.25, 0.3) is 0 Å². The lowest BCUT2D eigenvalue weighted by Gasteiger charge is -2.18. The molecule has 0 amide bonds. The molecule has 0 saturated heterocycles. The Kier molecular flexibility index (Phi) is 2.56. The average Bonchev–Trinajstić information content (AvgIpc) is 2.23. The van der Waals surface area contributed by atoms with Crippen molar-refractivity contribution in [1.82, 2.24) is 0 Å². The number of allylic oxidation sites excluding steroid dienone is 1. The molecule has 0 fully saturated rings. The Labute approximate surface area is 96.3 Å². The summed E-state index contributed by atoms with van der Waals surface area (Å²) in [7, 11) is 0. The Morgan fingerprint density at radius 1 is 1.07 bits per heavy atom. The van der Waals surface area contributed by atoms with Gasteiger partial charge in [-0.3, -0.25) is 4.79 Å². The Morgan fingerprint density at radius 2 is 1.64 bits per heavy atom. The highest BCUT2D eigenvalue weighted by atomic mass is 35.5. The van der Waals surface area contributed by atoms with Crippen LogP contribution in [0.2, 0.25) is 0 Å². The Balaban J connectivity index is 2.71. The Bertz CT molecular complexity index is 437. The summed E-state index contributed by atoms with van der Waals surface area (Å²) >= 11 is 17.6. The molecule has 0 N–H and O–H groups in total. The SMILES string of the molecule is O=C1c2ccccc2C(Cl)=C(Cl)C1Cl. The first-order chi connectivity index (χ1) is 6.63. The summed E-state index contributed by atoms with van der Waals surface area (Å²) in [4.78, 5) is 11.7. The lowest BCUT2D eigenvalue weighted by molar-refractivity contribution is 0.0996. The molecule has 0 saturated carbocycles. The van der Waals surface area contributed by atoms with Crippen molar-refractivity contribution in [1.29, 1.82) is 0 Å². The molecular weight excluding hydrogens is 242 g/mol. The average molecular weight is 248 g/mol. The smallest absolute Gasteiger partial charge is 0.186 e. The highest BCUT2D eigenvalue weighted by Crippen LogP contribution is 2.37. The zero-order valence-corrected chi connectivity index (χ0v) is 9.20. The quantitative estimate of drug-likeness (QED) is 0.640. The van der Waals surface area contributed by atoms with Gasteiger partial charge in [0.05, 0.1) is 10.1 Å². The molecule has 1 aromatic carbocycles. The number of halogens is 3. The first kappa shape index (κ1) is 10.0. The predicted octanol–water partition coefficient (Wildman–Crippen LogP) is 3.64. The number of benzene rings is 1. The number of carbonyl (C=O) groups is 1. The number of hydrogen-bond donors (Lipinski definition) is 0. The van der Waals surface area contributed by atoms with Crippen molar-refractivity contribution < 1.29 is 4.79 Å². The second-order valence-electron chi connectivity index (χ2n) is 2.93. The van der Waals surface area contributed by atoms with Crippen LogP contribution in [0.5, 0.6) is 0 Å². The van der Waals surface area contributed by atoms with Crippen LogP contribution in [0.1, 0.15) is 15.9 Å². The Morgan fingerprint density at radius 3 is 2.29 bits per heavy atom. The van der Waals surface area contributed by atoms with Gasteiger partial charge in [-0.2, -0.15) is 0 Å². The maximum absolute atomic E-state index is 11.7. The fourth-order valence-corrected chi connectivity index (χ4v) is 2.14. The van der Waals surface area contributed by atoms with Gasteiger partial charge in [0.1, 0.15) is 5.38 Å². The standard InChI is InChI=1S/C10H5Cl3O/c11-7-5-3-1-2-4-6(5)10(14)9(13)8(7)12/h1-4,9H. The van der Waals surface area contributed by atoms with Crippen molar-refractivity contribution in [3.05, 3.63) is 40.4 Å². The lowest BCUT2D eigenvalue weighted by Crippen LogP contribution is -2.21. The van der Waals surface area contributed by atoms with E-state index in [4.69, 9.17) is 34.8 Å². The molecule has 0 bridgehead atoms. The molecule has 1 atom stereocenters. The predicted molar refractivity (Wildman–Crippen MR) is 59.0 cm³/mol. The van der Waals surface area contributed by atoms with Crippen LogP contribution in [0, 0.1) is 0 Å². The molecule has 1 aromatic rings. The minimum Gasteiger partial charge on any atom is -0.292 e. The summed E-state index contributed by atoms with van der Waals surface area (Å²) in [6.07, 6.45) is 0. The van der Waals surface area contributed by atoms with Crippen LogP contribution in [-0.2, 0) is 0 Å². The second kappa shape index (κ2) is 3.58. The van der Waals surface area contributed by atoms with E-state index in [0.717, 1.165) is 0 Å². The fraction of sp³-hybridized carbons (Fsp3) is 0.100. The van der Waals surface area contributed by atoms with Crippen molar-refractivity contribution >= 4 is 45.6 Å². The molecule has 0 heterocycles. The molecule has 0 spiro atoms. The number of hydrogen-bond acceptors (Lipinski definition) is 1. The van der Waals surface area contributed by atoms with Crippen LogP contribution in [0.3, 0.4) is 0 Å². The number of ketones is 1. The molecule has 0 aliphatic heterocycles. The van der Waals surface area contributed by atoms with Crippen LogP contribution in [0.25, 0.3) is 5.03 Å². The highest BCUT2D eigenvalue weighted by Gasteiger charge is 2.30. The van der Waals surface area contributed by atoms with E-state index in [0.29, 0.717) is 16.2 Å². The van der Waals surface area contributed by atoms with Crippen molar-refractivity contribution in [2.75, 3.05) is 0 Å². The molecular formula is C10H5Cl3O. The molecule has 1 aliphatic rings. The van der Waals surface area contributed by atoms with Gasteiger partial charge in [-0.1, -0.05) is 47.5 Å². The first-order valence-corrected chi connectivity index (χ1v) is 5.15. The Hall–Kier alpha value is -0.500. The maximum Gasteiger partial charge on any atom is 0.186 e. The van der Waals surface area contributed by atoms with Gasteiger partial charge in [-0.05, 0) is 0 Å². The van der Waals surface area contributed by atoms with Crippen molar-refractivity contribution in [2.24, 2.45) is 0 Å². The number of carbonyl (C=O) groups excluding carboxylic acids is 1. The van der Waals surface area contributed by atoms with Gasteiger partial charge in [0.15, 0.2) is 5.78 Å². The van der Waals surface area contributed by atoms with E-state index in [1.165, 1.54) is 0 Å². The summed E-state index contributed by atoms with van der Waals surface area (Å²) in [5.74, 6) is -0.198. The third kappa shape index (κ3) is 1.36. The summed E-state index contributed by atoms with van der Waals surface area (Å²) < 4.78 is 0. The first-order valence-electron chi connectivity index (χ1n) is 3.96. The summed E-state index contributed by atoms with van der Waals surface area (Å²) in [5, 5.41) is -0.280. The monoisotopic (exact) mass is 246 g/mol. The third-order valence-corrected chi connectivity index (χ3v) is 3.53. The van der Waals surface area contributed by atoms with Crippen LogP contribution >= 0.6 is 34.8 Å². The molecule has 4 heteroatoms. The van der Waals surface area contributed by atoms with E-state index in [9.17, 15) is 4.79 Å². The second-order valence-corrected chi connectivity index (χ2v) is 4.16. The van der Waals surface area contributed by atoms with E-state index in [2.05, 4.69) is 0 Å². The molecule has 14 heavy (non-hydrogen) atoms. The lowest BCUT2D eigenvalue weighted by atomic mass is 9.96. The number of Topliss-reactive ketones (excluding diaryl/α,β-unsaturated/α-hetero) is 1. The number of fused-ring (bicyclic) bond motifs is 1. The maximum atomic E-state index is 11.7. The molecule has 72 valence electrons. The number of alkyl halides is 1. The summed E-state index contributed by atoms with van der Waals surface area (Å²) in [6.45, 7) is 0. The third-order valence-electron chi connectivity index (χ3n) is 2.09. The van der Waals surface area contributed by atoms with Crippen LogP contribution < -0.4 is 0 Å². The molecule has 0 aromatic heterocycles. The highest BCUT2D eigenvalue weighted by molar-refractivity contribution is 6.60. The van der Waals surface area contributed by atoms with Crippen molar-refractivity contribution in [3.63, 3.8) is 0 Å². The van der Waals surface area contributed by atoms with Gasteiger partial charge in [0.2, 0.25) is 0 Å². The van der Waals surface area contributed by atoms with Crippen LogP contribution in [0.4, 0.5) is 0 Å². The zero-order chi connectivity index (χ0) is 10.3. The van der Waals surface area contributed by atoms with E-state index in [-0.39, 0.29) is 10.8 Å². The van der Waals surface area contributed by atoms with E-state index in [1.807, 2.05) is 0 Å². The van der Waals surface area contributed by atoms with E-state index >= 15 is 0 Å². The molecule has 1 nitrogen and oxygen atoms in total. The molecule has 1 aliphatic carbocycles. The zero-order valence-electron chi connectivity index (χ0n) is 6.93. The van der Waals surface area contributed by atoms with Crippen LogP contribution in [-0.4, -0.2) is 11.2 Å².